The summed E-state index contributed by atoms with van der Waals surface area (Å²) < 4.78 is 40.4. The van der Waals surface area contributed by atoms with Crippen molar-refractivity contribution in [3.05, 3.63) is 22.4 Å². The number of halogens is 4. The highest BCUT2D eigenvalue weighted by Gasteiger charge is 2.11. The minimum Gasteiger partial charge on any atom is -0.432 e. The second-order valence-corrected chi connectivity index (χ2v) is 3.04. The molecule has 6 heteroatoms. The topological polar surface area (TPSA) is 35.2 Å². The van der Waals surface area contributed by atoms with Crippen molar-refractivity contribution < 1.29 is 17.9 Å². The van der Waals surface area contributed by atoms with Crippen LogP contribution in [0.25, 0.3) is 0 Å². The number of nitrogens with two attached hydrogens (primary N) is 1. The van der Waals surface area contributed by atoms with Gasteiger partial charge in [-0.05, 0) is 22.0 Å². The Bertz CT molecular complexity index is 319. The SMILES string of the molecule is Nc1cc(OC(F)F)c(F)cc1Br. The Labute approximate surface area is 80.6 Å². The van der Waals surface area contributed by atoms with Crippen molar-refractivity contribution in [1.29, 1.82) is 0 Å². The molecule has 0 aromatic heterocycles. The highest BCUT2D eigenvalue weighted by molar-refractivity contribution is 9.10. The van der Waals surface area contributed by atoms with Gasteiger partial charge in [0.2, 0.25) is 0 Å². The third-order valence-corrected chi connectivity index (χ3v) is 1.95. The van der Waals surface area contributed by atoms with Gasteiger partial charge < -0.3 is 10.5 Å². The van der Waals surface area contributed by atoms with E-state index < -0.39 is 18.2 Å². The van der Waals surface area contributed by atoms with E-state index in [-0.39, 0.29) is 5.69 Å². The minimum atomic E-state index is -3.06. The lowest BCUT2D eigenvalue weighted by Gasteiger charge is -2.07. The maximum atomic E-state index is 12.8. The van der Waals surface area contributed by atoms with Gasteiger partial charge in [-0.2, -0.15) is 8.78 Å². The summed E-state index contributed by atoms with van der Waals surface area (Å²) in [4.78, 5) is 0. The number of anilines is 1. The maximum Gasteiger partial charge on any atom is 0.387 e. The van der Waals surface area contributed by atoms with Gasteiger partial charge in [0.25, 0.3) is 0 Å². The molecule has 0 unspecified atom stereocenters. The summed E-state index contributed by atoms with van der Waals surface area (Å²) >= 11 is 2.94. The molecule has 0 aliphatic heterocycles. The van der Waals surface area contributed by atoms with Gasteiger partial charge in [0.05, 0.1) is 0 Å². The third-order valence-electron chi connectivity index (χ3n) is 1.27. The first kappa shape index (κ1) is 10.2. The molecule has 0 fully saturated rings. The second-order valence-electron chi connectivity index (χ2n) is 2.18. The van der Waals surface area contributed by atoms with Crippen LogP contribution in [0.15, 0.2) is 16.6 Å². The molecule has 0 spiro atoms. The summed E-state index contributed by atoms with van der Waals surface area (Å²) in [6.45, 7) is -3.06. The first-order valence-electron chi connectivity index (χ1n) is 3.20. The van der Waals surface area contributed by atoms with E-state index in [1.165, 1.54) is 0 Å². The molecular weight excluding hydrogens is 251 g/mol. The summed E-state index contributed by atoms with van der Waals surface area (Å²) in [7, 11) is 0. The zero-order chi connectivity index (χ0) is 10.0. The molecule has 2 N–H and O–H groups in total. The molecule has 0 aliphatic rings. The number of ether oxygens (including phenoxy) is 1. The molecule has 0 bridgehead atoms. The molecule has 0 saturated carbocycles. The molecular formula is C7H5BrF3NO. The number of hydrogen-bond donors (Lipinski definition) is 1. The Balaban J connectivity index is 3.01. The van der Waals surface area contributed by atoms with Crippen LogP contribution in [0.1, 0.15) is 0 Å². The first-order valence-corrected chi connectivity index (χ1v) is 3.99. The van der Waals surface area contributed by atoms with Gasteiger partial charge in [-0.25, -0.2) is 4.39 Å². The van der Waals surface area contributed by atoms with E-state index >= 15 is 0 Å². The summed E-state index contributed by atoms with van der Waals surface area (Å²) in [5.41, 5.74) is 5.46. The van der Waals surface area contributed by atoms with E-state index in [1.54, 1.807) is 0 Å². The molecule has 1 rings (SSSR count). The average molecular weight is 256 g/mol. The summed E-state index contributed by atoms with van der Waals surface area (Å²) in [6, 6.07) is 1.96. The van der Waals surface area contributed by atoms with Gasteiger partial charge in [-0.1, -0.05) is 0 Å². The Morgan fingerprint density at radius 1 is 1.38 bits per heavy atom. The number of alkyl halides is 2. The van der Waals surface area contributed by atoms with Crippen LogP contribution < -0.4 is 10.5 Å². The monoisotopic (exact) mass is 255 g/mol. The number of benzene rings is 1. The molecule has 72 valence electrons. The highest BCUT2D eigenvalue weighted by atomic mass is 79.9. The largest absolute Gasteiger partial charge is 0.432 e. The molecule has 2 nitrogen and oxygen atoms in total. The molecule has 0 saturated heterocycles. The fourth-order valence-electron chi connectivity index (χ4n) is 0.731. The van der Waals surface area contributed by atoms with Crippen molar-refractivity contribution in [2.75, 3.05) is 5.73 Å². The van der Waals surface area contributed by atoms with Gasteiger partial charge in [0.15, 0.2) is 11.6 Å². The van der Waals surface area contributed by atoms with Crippen LogP contribution in [0.2, 0.25) is 0 Å². The molecule has 1 aromatic carbocycles. The van der Waals surface area contributed by atoms with Crippen molar-refractivity contribution in [2.24, 2.45) is 0 Å². The van der Waals surface area contributed by atoms with E-state index in [9.17, 15) is 13.2 Å². The Hall–Kier alpha value is -0.910. The Kier molecular flexibility index (Phi) is 3.02. The molecule has 0 radical (unpaired) electrons. The smallest absolute Gasteiger partial charge is 0.387 e. The van der Waals surface area contributed by atoms with E-state index in [0.29, 0.717) is 4.47 Å². The van der Waals surface area contributed by atoms with E-state index in [2.05, 4.69) is 20.7 Å². The van der Waals surface area contributed by atoms with Crippen LogP contribution in [0.3, 0.4) is 0 Å². The molecule has 0 heterocycles. The Morgan fingerprint density at radius 3 is 2.54 bits per heavy atom. The van der Waals surface area contributed by atoms with Crippen LogP contribution in [0.4, 0.5) is 18.9 Å². The number of rotatable bonds is 2. The lowest BCUT2D eigenvalue weighted by atomic mass is 10.3. The molecule has 0 atom stereocenters. The van der Waals surface area contributed by atoms with E-state index in [0.717, 1.165) is 12.1 Å². The average Bonchev–Trinajstić information content (AvgIpc) is 1.99. The molecule has 0 amide bonds. The quantitative estimate of drug-likeness (QED) is 0.825. The van der Waals surface area contributed by atoms with Crippen LogP contribution in [0.5, 0.6) is 5.75 Å². The summed E-state index contributed by atoms with van der Waals surface area (Å²) in [5, 5.41) is 0. The van der Waals surface area contributed by atoms with E-state index in [4.69, 9.17) is 5.73 Å². The van der Waals surface area contributed by atoms with Gasteiger partial charge in [0.1, 0.15) is 0 Å². The normalized spacial score (nSPS) is 10.5. The predicted molar refractivity (Wildman–Crippen MR) is 45.1 cm³/mol. The highest BCUT2D eigenvalue weighted by Crippen LogP contribution is 2.28. The van der Waals surface area contributed by atoms with Crippen LogP contribution in [-0.2, 0) is 0 Å². The maximum absolute atomic E-state index is 12.8. The lowest BCUT2D eigenvalue weighted by molar-refractivity contribution is -0.0521. The number of hydrogen-bond acceptors (Lipinski definition) is 2. The Morgan fingerprint density at radius 2 is 2.00 bits per heavy atom. The standard InChI is InChI=1S/C7H5BrF3NO/c8-3-1-4(9)6(2-5(3)12)13-7(10)11/h1-2,7H,12H2. The summed E-state index contributed by atoms with van der Waals surface area (Å²) in [5.74, 6) is -1.45. The van der Waals surface area contributed by atoms with Crippen molar-refractivity contribution in [1.82, 2.24) is 0 Å². The van der Waals surface area contributed by atoms with Gasteiger partial charge in [-0.15, -0.1) is 0 Å². The summed E-state index contributed by atoms with van der Waals surface area (Å²) in [6.07, 6.45) is 0. The van der Waals surface area contributed by atoms with Gasteiger partial charge in [0, 0.05) is 16.2 Å². The molecule has 1 aromatic rings. The molecule has 13 heavy (non-hydrogen) atoms. The third kappa shape index (κ3) is 2.51. The van der Waals surface area contributed by atoms with Gasteiger partial charge in [-0.3, -0.25) is 0 Å². The van der Waals surface area contributed by atoms with Crippen molar-refractivity contribution in [3.8, 4) is 5.75 Å². The van der Waals surface area contributed by atoms with Gasteiger partial charge >= 0.3 is 6.61 Å². The number of nitrogen functional groups attached to an aromatic ring is 1. The van der Waals surface area contributed by atoms with Crippen LogP contribution >= 0.6 is 15.9 Å². The van der Waals surface area contributed by atoms with Crippen LogP contribution in [-0.4, -0.2) is 6.61 Å². The minimum absolute atomic E-state index is 0.136. The van der Waals surface area contributed by atoms with E-state index in [1.807, 2.05) is 0 Å². The first-order chi connectivity index (χ1) is 6.00. The van der Waals surface area contributed by atoms with Crippen molar-refractivity contribution >= 4 is 21.6 Å². The zero-order valence-electron chi connectivity index (χ0n) is 6.23. The van der Waals surface area contributed by atoms with Crippen molar-refractivity contribution in [3.63, 3.8) is 0 Å². The second kappa shape index (κ2) is 3.87. The molecule has 0 aliphatic carbocycles. The fourth-order valence-corrected chi connectivity index (χ4v) is 1.05. The zero-order valence-corrected chi connectivity index (χ0v) is 7.82. The van der Waals surface area contributed by atoms with Crippen LogP contribution in [0, 0.1) is 5.82 Å². The predicted octanol–water partition coefficient (Wildman–Crippen LogP) is 2.77. The van der Waals surface area contributed by atoms with Crippen molar-refractivity contribution in [2.45, 2.75) is 6.61 Å². The fraction of sp³-hybridized carbons (Fsp3) is 0.143. The lowest BCUT2D eigenvalue weighted by Crippen LogP contribution is -2.04.